The van der Waals surface area contributed by atoms with Crippen LogP contribution in [0, 0.1) is 5.41 Å². The van der Waals surface area contributed by atoms with E-state index >= 15 is 0 Å². The summed E-state index contributed by atoms with van der Waals surface area (Å²) in [6.07, 6.45) is 6.88. The lowest BCUT2D eigenvalue weighted by atomic mass is 9.71. The number of rotatable bonds is 4. The largest absolute Gasteiger partial charge is 0.388 e. The van der Waals surface area contributed by atoms with E-state index in [0.717, 1.165) is 25.7 Å². The van der Waals surface area contributed by atoms with Crippen molar-refractivity contribution in [1.82, 2.24) is 9.97 Å². The van der Waals surface area contributed by atoms with Crippen LogP contribution < -0.4 is 16.6 Å². The van der Waals surface area contributed by atoms with Gasteiger partial charge in [-0.2, -0.15) is 0 Å². The molecule has 2 rings (SSSR count). The summed E-state index contributed by atoms with van der Waals surface area (Å²) in [5.74, 6) is 6.40. The van der Waals surface area contributed by atoms with Crippen molar-refractivity contribution in [3.63, 3.8) is 0 Å². The van der Waals surface area contributed by atoms with Crippen molar-refractivity contribution >= 4 is 11.6 Å². The molecule has 1 aromatic rings. The number of hydrazine groups is 1. The summed E-state index contributed by atoms with van der Waals surface area (Å²) in [6.45, 7) is 5.00. The molecule has 0 radical (unpaired) electrons. The highest BCUT2D eigenvalue weighted by atomic mass is 16.3. The van der Waals surface area contributed by atoms with Gasteiger partial charge in [-0.25, -0.2) is 10.8 Å². The number of nitrogen functional groups attached to an aromatic ring is 1. The number of hydrogen-bond donors (Lipinski definition) is 4. The van der Waals surface area contributed by atoms with Gasteiger partial charge in [0, 0.05) is 6.54 Å². The van der Waals surface area contributed by atoms with Crippen LogP contribution in [0.25, 0.3) is 0 Å². The van der Waals surface area contributed by atoms with E-state index in [9.17, 15) is 5.11 Å². The Labute approximate surface area is 113 Å². The zero-order valence-electron chi connectivity index (χ0n) is 11.6. The third-order valence-electron chi connectivity index (χ3n) is 3.92. The number of aromatic nitrogens is 2. The Morgan fingerprint density at radius 3 is 2.47 bits per heavy atom. The molecule has 6 nitrogen and oxygen atoms in total. The first-order valence-corrected chi connectivity index (χ1v) is 6.67. The van der Waals surface area contributed by atoms with Crippen LogP contribution >= 0.6 is 0 Å². The highest BCUT2D eigenvalue weighted by molar-refractivity contribution is 5.40. The summed E-state index contributed by atoms with van der Waals surface area (Å²) in [5.41, 5.74) is 2.14. The average Bonchev–Trinajstić information content (AvgIpc) is 2.41. The maximum atomic E-state index is 10.5. The lowest BCUT2D eigenvalue weighted by Crippen LogP contribution is -2.42. The second kappa shape index (κ2) is 5.30. The molecule has 5 N–H and O–H groups in total. The molecule has 1 aliphatic carbocycles. The molecule has 1 heterocycles. The predicted octanol–water partition coefficient (Wildman–Crippen LogP) is 1.51. The minimum absolute atomic E-state index is 0.343. The molecule has 6 heteroatoms. The zero-order valence-corrected chi connectivity index (χ0v) is 11.6. The molecule has 106 valence electrons. The Bertz CT molecular complexity index is 425. The SMILES string of the molecule is CC1(C)CCC(O)(CNc2cncc(NN)n2)CC1. The van der Waals surface area contributed by atoms with Crippen LogP contribution in [0.1, 0.15) is 39.5 Å². The van der Waals surface area contributed by atoms with Gasteiger partial charge in [-0.15, -0.1) is 0 Å². The quantitative estimate of drug-likeness (QED) is 0.487. The predicted molar refractivity (Wildman–Crippen MR) is 75.5 cm³/mol. The molecule has 0 bridgehead atoms. The Morgan fingerprint density at radius 2 is 1.84 bits per heavy atom. The molecule has 0 aliphatic heterocycles. The standard InChI is InChI=1S/C13H23N5O/c1-12(2)3-5-13(19,6-4-12)9-16-10-7-15-8-11(17-10)18-14/h7-8,19H,3-6,9,14H2,1-2H3,(H2,16,17,18). The highest BCUT2D eigenvalue weighted by Crippen LogP contribution is 2.40. The van der Waals surface area contributed by atoms with Crippen LogP contribution in [-0.4, -0.2) is 27.2 Å². The molecule has 0 unspecified atom stereocenters. The van der Waals surface area contributed by atoms with E-state index in [1.807, 2.05) is 0 Å². The third-order valence-corrected chi connectivity index (χ3v) is 3.92. The Kier molecular flexibility index (Phi) is 3.91. The van der Waals surface area contributed by atoms with Crippen LogP contribution in [0.4, 0.5) is 11.6 Å². The van der Waals surface area contributed by atoms with E-state index in [1.54, 1.807) is 12.4 Å². The van der Waals surface area contributed by atoms with Crippen molar-refractivity contribution in [2.45, 2.75) is 45.1 Å². The maximum absolute atomic E-state index is 10.5. The van der Waals surface area contributed by atoms with E-state index in [-0.39, 0.29) is 0 Å². The van der Waals surface area contributed by atoms with Crippen LogP contribution in [0.3, 0.4) is 0 Å². The van der Waals surface area contributed by atoms with Crippen LogP contribution in [0.15, 0.2) is 12.4 Å². The highest BCUT2D eigenvalue weighted by Gasteiger charge is 2.36. The van der Waals surface area contributed by atoms with Gasteiger partial charge in [-0.05, 0) is 31.1 Å². The first-order valence-electron chi connectivity index (χ1n) is 6.67. The summed E-state index contributed by atoms with van der Waals surface area (Å²) in [7, 11) is 0. The van der Waals surface area contributed by atoms with Crippen LogP contribution in [0.2, 0.25) is 0 Å². The topological polar surface area (TPSA) is 96.1 Å². The summed E-state index contributed by atoms with van der Waals surface area (Å²) < 4.78 is 0. The van der Waals surface area contributed by atoms with Crippen LogP contribution in [0.5, 0.6) is 0 Å². The molecule has 1 aromatic heterocycles. The van der Waals surface area contributed by atoms with E-state index in [4.69, 9.17) is 5.84 Å². The first kappa shape index (κ1) is 14.0. The van der Waals surface area contributed by atoms with Crippen molar-refractivity contribution in [3.8, 4) is 0 Å². The molecule has 0 aromatic carbocycles. The fourth-order valence-electron chi connectivity index (χ4n) is 2.34. The van der Waals surface area contributed by atoms with Gasteiger partial charge in [0.05, 0.1) is 18.0 Å². The van der Waals surface area contributed by atoms with Crippen molar-refractivity contribution in [2.24, 2.45) is 11.3 Å². The molecule has 0 saturated heterocycles. The lowest BCUT2D eigenvalue weighted by molar-refractivity contribution is -0.0145. The van der Waals surface area contributed by atoms with Gasteiger partial charge in [-0.1, -0.05) is 13.8 Å². The van der Waals surface area contributed by atoms with Gasteiger partial charge < -0.3 is 15.8 Å². The van der Waals surface area contributed by atoms with Gasteiger partial charge in [-0.3, -0.25) is 4.98 Å². The van der Waals surface area contributed by atoms with Crippen LogP contribution in [-0.2, 0) is 0 Å². The molecule has 1 saturated carbocycles. The Morgan fingerprint density at radius 1 is 1.21 bits per heavy atom. The minimum atomic E-state index is -0.649. The summed E-state index contributed by atoms with van der Waals surface area (Å²) in [6, 6.07) is 0. The molecular formula is C13H23N5O. The number of nitrogens with zero attached hydrogens (tertiary/aromatic N) is 2. The molecule has 0 spiro atoms. The van der Waals surface area contributed by atoms with E-state index in [1.165, 1.54) is 0 Å². The number of hydrogen-bond acceptors (Lipinski definition) is 6. The Hall–Kier alpha value is -1.40. The van der Waals surface area contributed by atoms with E-state index in [0.29, 0.717) is 23.6 Å². The normalized spacial score (nSPS) is 20.8. The van der Waals surface area contributed by atoms with Crippen molar-refractivity contribution in [2.75, 3.05) is 17.3 Å². The minimum Gasteiger partial charge on any atom is -0.388 e. The Balaban J connectivity index is 1.91. The second-order valence-electron chi connectivity index (χ2n) is 6.18. The number of anilines is 2. The fraction of sp³-hybridized carbons (Fsp3) is 0.692. The molecule has 19 heavy (non-hydrogen) atoms. The number of nitrogens with two attached hydrogens (primary N) is 1. The summed E-state index contributed by atoms with van der Waals surface area (Å²) >= 11 is 0. The maximum Gasteiger partial charge on any atom is 0.160 e. The van der Waals surface area contributed by atoms with Gasteiger partial charge in [0.1, 0.15) is 5.82 Å². The van der Waals surface area contributed by atoms with Crippen molar-refractivity contribution < 1.29 is 5.11 Å². The lowest BCUT2D eigenvalue weighted by Gasteiger charge is -2.40. The van der Waals surface area contributed by atoms with Gasteiger partial charge in [0.15, 0.2) is 5.82 Å². The molecule has 0 amide bonds. The monoisotopic (exact) mass is 265 g/mol. The molecule has 1 aliphatic rings. The zero-order chi connectivity index (χ0) is 13.9. The van der Waals surface area contributed by atoms with E-state index in [2.05, 4.69) is 34.6 Å². The smallest absolute Gasteiger partial charge is 0.160 e. The third kappa shape index (κ3) is 3.78. The van der Waals surface area contributed by atoms with Gasteiger partial charge in [0.25, 0.3) is 0 Å². The summed E-state index contributed by atoms with van der Waals surface area (Å²) in [5, 5.41) is 13.7. The second-order valence-corrected chi connectivity index (χ2v) is 6.18. The van der Waals surface area contributed by atoms with Gasteiger partial charge in [0.2, 0.25) is 0 Å². The molecule has 0 atom stereocenters. The first-order chi connectivity index (χ1) is 8.92. The van der Waals surface area contributed by atoms with Crippen molar-refractivity contribution in [1.29, 1.82) is 0 Å². The van der Waals surface area contributed by atoms with Crippen molar-refractivity contribution in [3.05, 3.63) is 12.4 Å². The number of aliphatic hydroxyl groups is 1. The summed E-state index contributed by atoms with van der Waals surface area (Å²) in [4.78, 5) is 8.23. The van der Waals surface area contributed by atoms with E-state index < -0.39 is 5.60 Å². The average molecular weight is 265 g/mol. The molecular weight excluding hydrogens is 242 g/mol. The fourth-order valence-corrected chi connectivity index (χ4v) is 2.34. The molecule has 1 fully saturated rings. The number of nitrogens with one attached hydrogen (secondary N) is 2. The van der Waals surface area contributed by atoms with Gasteiger partial charge >= 0.3 is 0 Å².